The first kappa shape index (κ1) is 14.0. The van der Waals surface area contributed by atoms with Crippen LogP contribution in [0.3, 0.4) is 0 Å². The molecule has 15 heavy (non-hydrogen) atoms. The normalized spacial score (nSPS) is 11.2. The second kappa shape index (κ2) is 13.0. The third kappa shape index (κ3) is 13.0. The topological polar surface area (TPSA) is 0 Å². The van der Waals surface area contributed by atoms with Gasteiger partial charge in [0.05, 0.1) is 0 Å². The van der Waals surface area contributed by atoms with E-state index in [1.165, 1.54) is 19.3 Å². The molecule has 0 aromatic rings. The molecule has 0 spiro atoms. The summed E-state index contributed by atoms with van der Waals surface area (Å²) in [5.74, 6) is 0. The average molecular weight is 204 g/mol. The number of hydrogen-bond donors (Lipinski definition) is 0. The summed E-state index contributed by atoms with van der Waals surface area (Å²) in [5.41, 5.74) is 0. The summed E-state index contributed by atoms with van der Waals surface area (Å²) in [6.07, 6.45) is 21.1. The van der Waals surface area contributed by atoms with Crippen LogP contribution in [0, 0.1) is 0 Å². The van der Waals surface area contributed by atoms with Gasteiger partial charge in [-0.15, -0.1) is 13.2 Å². The zero-order valence-electron chi connectivity index (χ0n) is 9.83. The van der Waals surface area contributed by atoms with Crippen molar-refractivity contribution in [3.63, 3.8) is 0 Å². The first-order valence-corrected chi connectivity index (χ1v) is 5.93. The maximum atomic E-state index is 3.70. The van der Waals surface area contributed by atoms with Gasteiger partial charge < -0.3 is 0 Å². The van der Waals surface area contributed by atoms with Gasteiger partial charge in [-0.3, -0.25) is 0 Å². The molecular formula is C15H24. The average Bonchev–Trinajstić information content (AvgIpc) is 2.26. The highest BCUT2D eigenvalue weighted by molar-refractivity contribution is 4.89. The van der Waals surface area contributed by atoms with E-state index >= 15 is 0 Å². The minimum Gasteiger partial charge on any atom is -0.103 e. The van der Waals surface area contributed by atoms with Gasteiger partial charge in [0, 0.05) is 0 Å². The summed E-state index contributed by atoms with van der Waals surface area (Å²) < 4.78 is 0. The van der Waals surface area contributed by atoms with Crippen molar-refractivity contribution < 1.29 is 0 Å². The van der Waals surface area contributed by atoms with Crippen molar-refractivity contribution in [3.05, 3.63) is 49.6 Å². The minimum absolute atomic E-state index is 1.09. The fourth-order valence-electron chi connectivity index (χ4n) is 1.26. The molecule has 0 saturated carbocycles. The first-order chi connectivity index (χ1) is 7.41. The molecule has 0 N–H and O–H groups in total. The van der Waals surface area contributed by atoms with Crippen LogP contribution in [0.15, 0.2) is 49.6 Å². The highest BCUT2D eigenvalue weighted by atomic mass is 13.9. The summed E-state index contributed by atoms with van der Waals surface area (Å²) in [4.78, 5) is 0. The van der Waals surface area contributed by atoms with E-state index in [2.05, 4.69) is 37.5 Å². The monoisotopic (exact) mass is 204 g/mol. The van der Waals surface area contributed by atoms with Crippen LogP contribution in [0.2, 0.25) is 0 Å². The maximum absolute atomic E-state index is 3.70. The van der Waals surface area contributed by atoms with Gasteiger partial charge in [-0.25, -0.2) is 0 Å². The van der Waals surface area contributed by atoms with Crippen LogP contribution in [0.4, 0.5) is 0 Å². The van der Waals surface area contributed by atoms with Gasteiger partial charge in [0.15, 0.2) is 0 Å². The first-order valence-electron chi connectivity index (χ1n) is 5.93. The zero-order chi connectivity index (χ0) is 11.2. The lowest BCUT2D eigenvalue weighted by Crippen LogP contribution is -1.70. The van der Waals surface area contributed by atoms with E-state index in [1.54, 1.807) is 0 Å². The second-order valence-corrected chi connectivity index (χ2v) is 3.61. The Morgan fingerprint density at radius 3 is 1.53 bits per heavy atom. The highest BCUT2D eigenvalue weighted by Crippen LogP contribution is 2.00. The molecule has 0 radical (unpaired) electrons. The summed E-state index contributed by atoms with van der Waals surface area (Å²) in [6, 6.07) is 0. The van der Waals surface area contributed by atoms with E-state index in [0.717, 1.165) is 25.7 Å². The van der Waals surface area contributed by atoms with Gasteiger partial charge in [-0.05, 0) is 44.9 Å². The molecular weight excluding hydrogens is 180 g/mol. The molecule has 0 bridgehead atoms. The van der Waals surface area contributed by atoms with Crippen molar-refractivity contribution in [2.24, 2.45) is 0 Å². The fraction of sp³-hybridized carbons (Fsp3) is 0.467. The lowest BCUT2D eigenvalue weighted by Gasteiger charge is -1.90. The van der Waals surface area contributed by atoms with Crippen LogP contribution in [0.25, 0.3) is 0 Å². The predicted octanol–water partition coefficient (Wildman–Crippen LogP) is 5.20. The maximum Gasteiger partial charge on any atom is -0.0316 e. The third-order valence-corrected chi connectivity index (χ3v) is 2.15. The Morgan fingerprint density at radius 1 is 0.533 bits per heavy atom. The molecule has 0 heterocycles. The van der Waals surface area contributed by atoms with Gasteiger partial charge >= 0.3 is 0 Å². The van der Waals surface area contributed by atoms with Crippen molar-refractivity contribution in [1.29, 1.82) is 0 Å². The van der Waals surface area contributed by atoms with E-state index < -0.39 is 0 Å². The Bertz CT molecular complexity index is 196. The Kier molecular flexibility index (Phi) is 12.1. The van der Waals surface area contributed by atoms with Crippen molar-refractivity contribution >= 4 is 0 Å². The standard InChI is InChI=1S/C15H24/c1-3-5-7-9-11-13-15-14-12-10-8-6-4-2/h3-4,9,11-12,14H,1-2,5-8,10,13,15H2. The zero-order valence-corrected chi connectivity index (χ0v) is 9.83. The van der Waals surface area contributed by atoms with Gasteiger partial charge in [0.25, 0.3) is 0 Å². The van der Waals surface area contributed by atoms with E-state index in [-0.39, 0.29) is 0 Å². The summed E-state index contributed by atoms with van der Waals surface area (Å²) in [6.45, 7) is 7.39. The molecule has 0 aromatic carbocycles. The Hall–Kier alpha value is -1.04. The molecule has 0 saturated heterocycles. The Morgan fingerprint density at radius 2 is 1.00 bits per heavy atom. The number of hydrogen-bond acceptors (Lipinski definition) is 0. The third-order valence-electron chi connectivity index (χ3n) is 2.15. The SMILES string of the molecule is C=CCCC=CCCC=CCCCC=C. The predicted molar refractivity (Wildman–Crippen MR) is 71.0 cm³/mol. The van der Waals surface area contributed by atoms with Crippen molar-refractivity contribution in [3.8, 4) is 0 Å². The molecule has 0 atom stereocenters. The molecule has 0 aliphatic rings. The van der Waals surface area contributed by atoms with Crippen LogP contribution in [0.5, 0.6) is 0 Å². The largest absolute Gasteiger partial charge is 0.103 e. The molecule has 0 heteroatoms. The van der Waals surface area contributed by atoms with Crippen LogP contribution in [0.1, 0.15) is 44.9 Å². The number of allylic oxidation sites excluding steroid dienone is 6. The molecule has 0 aliphatic carbocycles. The highest BCUT2D eigenvalue weighted by Gasteiger charge is 1.80. The molecule has 0 unspecified atom stereocenters. The molecule has 0 amide bonds. The van der Waals surface area contributed by atoms with Crippen molar-refractivity contribution in [2.75, 3.05) is 0 Å². The van der Waals surface area contributed by atoms with Gasteiger partial charge in [0.1, 0.15) is 0 Å². The van der Waals surface area contributed by atoms with Gasteiger partial charge in [-0.2, -0.15) is 0 Å². The summed E-state index contributed by atoms with van der Waals surface area (Å²) in [5, 5.41) is 0. The smallest absolute Gasteiger partial charge is 0.0316 e. The van der Waals surface area contributed by atoms with E-state index in [9.17, 15) is 0 Å². The minimum atomic E-state index is 1.09. The molecule has 0 nitrogen and oxygen atoms in total. The van der Waals surface area contributed by atoms with Crippen molar-refractivity contribution in [1.82, 2.24) is 0 Å². The molecule has 0 fully saturated rings. The van der Waals surface area contributed by atoms with Crippen LogP contribution < -0.4 is 0 Å². The van der Waals surface area contributed by atoms with E-state index in [4.69, 9.17) is 0 Å². The van der Waals surface area contributed by atoms with Gasteiger partial charge in [-0.1, -0.05) is 36.5 Å². The summed E-state index contributed by atoms with van der Waals surface area (Å²) in [7, 11) is 0. The summed E-state index contributed by atoms with van der Waals surface area (Å²) >= 11 is 0. The number of unbranched alkanes of at least 4 members (excludes halogenated alkanes) is 4. The van der Waals surface area contributed by atoms with Gasteiger partial charge in [0.2, 0.25) is 0 Å². The van der Waals surface area contributed by atoms with E-state index in [1.807, 2.05) is 12.2 Å². The number of rotatable bonds is 10. The Balaban J connectivity index is 3.18. The van der Waals surface area contributed by atoms with Crippen LogP contribution >= 0.6 is 0 Å². The lowest BCUT2D eigenvalue weighted by atomic mass is 10.2. The lowest BCUT2D eigenvalue weighted by molar-refractivity contribution is 0.864. The molecule has 84 valence electrons. The fourth-order valence-corrected chi connectivity index (χ4v) is 1.26. The van der Waals surface area contributed by atoms with Crippen LogP contribution in [-0.2, 0) is 0 Å². The van der Waals surface area contributed by atoms with E-state index in [0.29, 0.717) is 0 Å². The van der Waals surface area contributed by atoms with Crippen LogP contribution in [-0.4, -0.2) is 0 Å². The Labute approximate surface area is 95.1 Å². The molecule has 0 rings (SSSR count). The quantitative estimate of drug-likeness (QED) is 0.339. The second-order valence-electron chi connectivity index (χ2n) is 3.61. The van der Waals surface area contributed by atoms with Crippen molar-refractivity contribution in [2.45, 2.75) is 44.9 Å². The molecule has 0 aromatic heterocycles. The molecule has 0 aliphatic heterocycles.